The Bertz CT molecular complexity index is 819. The number of morpholine rings is 1. The Morgan fingerprint density at radius 2 is 2.09 bits per heavy atom. The van der Waals surface area contributed by atoms with E-state index in [2.05, 4.69) is 16.8 Å². The first kappa shape index (κ1) is 15.9. The number of nitrogens with zero attached hydrogens (tertiary/aromatic N) is 5. The second-order valence-electron chi connectivity index (χ2n) is 6.16. The van der Waals surface area contributed by atoms with Crippen molar-refractivity contribution in [3.8, 4) is 0 Å². The monoisotopic (exact) mass is 321 g/mol. The van der Waals surface area contributed by atoms with Gasteiger partial charge in [0.05, 0.1) is 19.0 Å². The van der Waals surface area contributed by atoms with Crippen molar-refractivity contribution in [3.05, 3.63) is 27.2 Å². The van der Waals surface area contributed by atoms with Crippen molar-refractivity contribution in [1.82, 2.24) is 23.6 Å². The zero-order chi connectivity index (χ0) is 16.6. The predicted octanol–water partition coefficient (Wildman–Crippen LogP) is -0.455. The lowest BCUT2D eigenvalue weighted by Gasteiger charge is -2.31. The summed E-state index contributed by atoms with van der Waals surface area (Å²) in [4.78, 5) is 31.4. The fourth-order valence-electron chi connectivity index (χ4n) is 3.14. The van der Waals surface area contributed by atoms with Crippen LogP contribution in [0.5, 0.6) is 0 Å². The number of rotatable bonds is 4. The minimum atomic E-state index is -0.309. The lowest BCUT2D eigenvalue weighted by Crippen LogP contribution is -2.43. The molecule has 0 amide bonds. The minimum absolute atomic E-state index is 0.241. The summed E-state index contributed by atoms with van der Waals surface area (Å²) in [7, 11) is 3.41. The smallest absolute Gasteiger partial charge is 0.332 e. The molecule has 3 rings (SSSR count). The third-order valence-electron chi connectivity index (χ3n) is 4.38. The molecule has 0 saturated carbocycles. The molecule has 1 aliphatic rings. The minimum Gasteiger partial charge on any atom is -0.376 e. The number of fused-ring (bicyclic) bond motifs is 1. The molecule has 8 heteroatoms. The Morgan fingerprint density at radius 1 is 1.30 bits per heavy atom. The lowest BCUT2D eigenvalue weighted by molar-refractivity contribution is -0.0187. The van der Waals surface area contributed by atoms with Crippen LogP contribution in [0, 0.1) is 0 Å². The van der Waals surface area contributed by atoms with Gasteiger partial charge in [-0.3, -0.25) is 18.8 Å². The highest BCUT2D eigenvalue weighted by Gasteiger charge is 2.17. The van der Waals surface area contributed by atoms with Gasteiger partial charge < -0.3 is 9.30 Å². The predicted molar refractivity (Wildman–Crippen MR) is 86.7 cm³/mol. The fraction of sp³-hybridized carbons (Fsp3) is 0.667. The molecular weight excluding hydrogens is 298 g/mol. The maximum atomic E-state index is 12.6. The maximum absolute atomic E-state index is 12.6. The molecule has 1 fully saturated rings. The largest absolute Gasteiger partial charge is 0.376 e. The summed E-state index contributed by atoms with van der Waals surface area (Å²) in [5.74, 6) is 0. The van der Waals surface area contributed by atoms with Crippen molar-refractivity contribution < 1.29 is 4.74 Å². The standard InChI is InChI=1S/C15H23N5O3/c1-11-9-19(7-8-23-11)5-4-6-20-14(21)12-13(16-10-17(12)2)18(3)15(20)22/h10-11H,4-9H2,1-3H3. The molecule has 0 bridgehead atoms. The molecule has 1 saturated heterocycles. The second-order valence-corrected chi connectivity index (χ2v) is 6.16. The van der Waals surface area contributed by atoms with Crippen LogP contribution in [-0.4, -0.2) is 55.9 Å². The third-order valence-corrected chi connectivity index (χ3v) is 4.38. The molecule has 2 aromatic heterocycles. The van der Waals surface area contributed by atoms with Crippen molar-refractivity contribution in [2.45, 2.75) is 26.0 Å². The van der Waals surface area contributed by atoms with Crippen molar-refractivity contribution in [3.63, 3.8) is 0 Å². The van der Waals surface area contributed by atoms with E-state index < -0.39 is 0 Å². The quantitative estimate of drug-likeness (QED) is 0.762. The number of aromatic nitrogens is 4. The van der Waals surface area contributed by atoms with E-state index in [9.17, 15) is 9.59 Å². The number of ether oxygens (including phenoxy) is 1. The van der Waals surface area contributed by atoms with Gasteiger partial charge >= 0.3 is 5.69 Å². The molecule has 0 spiro atoms. The van der Waals surface area contributed by atoms with E-state index in [4.69, 9.17) is 4.74 Å². The molecule has 0 N–H and O–H groups in total. The first-order chi connectivity index (χ1) is 11.0. The van der Waals surface area contributed by atoms with Gasteiger partial charge in [-0.25, -0.2) is 9.78 Å². The van der Waals surface area contributed by atoms with E-state index in [0.29, 0.717) is 17.7 Å². The van der Waals surface area contributed by atoms with Gasteiger partial charge in [0.2, 0.25) is 0 Å². The van der Waals surface area contributed by atoms with Crippen LogP contribution in [-0.2, 0) is 25.4 Å². The number of hydrogen-bond donors (Lipinski definition) is 0. The van der Waals surface area contributed by atoms with Crippen LogP contribution in [0.1, 0.15) is 13.3 Å². The van der Waals surface area contributed by atoms with Gasteiger partial charge in [-0.2, -0.15) is 0 Å². The van der Waals surface area contributed by atoms with Gasteiger partial charge in [-0.05, 0) is 13.3 Å². The Hall–Kier alpha value is -1.93. The Labute approximate surface area is 133 Å². The van der Waals surface area contributed by atoms with E-state index in [1.807, 2.05) is 0 Å². The van der Waals surface area contributed by atoms with Crippen molar-refractivity contribution in [1.29, 1.82) is 0 Å². The highest BCUT2D eigenvalue weighted by Crippen LogP contribution is 2.06. The Morgan fingerprint density at radius 3 is 2.83 bits per heavy atom. The van der Waals surface area contributed by atoms with Gasteiger partial charge in [0, 0.05) is 40.3 Å². The van der Waals surface area contributed by atoms with E-state index >= 15 is 0 Å². The third kappa shape index (κ3) is 2.96. The highest BCUT2D eigenvalue weighted by molar-refractivity contribution is 5.69. The molecule has 8 nitrogen and oxygen atoms in total. The normalized spacial score (nSPS) is 19.5. The first-order valence-electron chi connectivity index (χ1n) is 7.94. The van der Waals surface area contributed by atoms with E-state index in [-0.39, 0.29) is 17.4 Å². The zero-order valence-corrected chi connectivity index (χ0v) is 13.9. The van der Waals surface area contributed by atoms with Crippen LogP contribution in [0.4, 0.5) is 0 Å². The van der Waals surface area contributed by atoms with Gasteiger partial charge in [0.25, 0.3) is 5.56 Å². The Balaban J connectivity index is 1.79. The molecule has 2 aromatic rings. The fourth-order valence-corrected chi connectivity index (χ4v) is 3.14. The van der Waals surface area contributed by atoms with Crippen LogP contribution < -0.4 is 11.2 Å². The van der Waals surface area contributed by atoms with E-state index in [1.165, 1.54) is 9.13 Å². The Kier molecular flexibility index (Phi) is 4.36. The molecule has 1 atom stereocenters. The van der Waals surface area contributed by atoms with Gasteiger partial charge in [-0.1, -0.05) is 0 Å². The average molecular weight is 321 g/mol. The summed E-state index contributed by atoms with van der Waals surface area (Å²) in [6.45, 7) is 5.86. The molecule has 126 valence electrons. The maximum Gasteiger partial charge on any atom is 0.332 e. The summed E-state index contributed by atoms with van der Waals surface area (Å²) < 4.78 is 9.93. The van der Waals surface area contributed by atoms with Gasteiger partial charge in [0.15, 0.2) is 11.2 Å². The summed E-state index contributed by atoms with van der Waals surface area (Å²) in [5, 5.41) is 0. The second kappa shape index (κ2) is 6.29. The molecule has 0 aliphatic carbocycles. The highest BCUT2D eigenvalue weighted by atomic mass is 16.5. The zero-order valence-electron chi connectivity index (χ0n) is 13.9. The number of imidazole rings is 1. The molecule has 0 aromatic carbocycles. The van der Waals surface area contributed by atoms with Crippen LogP contribution in [0.2, 0.25) is 0 Å². The average Bonchev–Trinajstić information content (AvgIpc) is 2.91. The number of hydrogen-bond acceptors (Lipinski definition) is 5. The van der Waals surface area contributed by atoms with Crippen molar-refractivity contribution in [2.24, 2.45) is 14.1 Å². The molecule has 0 radical (unpaired) electrons. The molecular formula is C15H23N5O3. The molecule has 3 heterocycles. The van der Waals surface area contributed by atoms with Crippen LogP contribution in [0.25, 0.3) is 11.2 Å². The summed E-state index contributed by atoms with van der Waals surface area (Å²) >= 11 is 0. The van der Waals surface area contributed by atoms with Crippen molar-refractivity contribution >= 4 is 11.2 Å². The molecule has 1 unspecified atom stereocenters. The molecule has 23 heavy (non-hydrogen) atoms. The lowest BCUT2D eigenvalue weighted by atomic mass is 10.3. The topological polar surface area (TPSA) is 74.3 Å². The van der Waals surface area contributed by atoms with Crippen LogP contribution in [0.3, 0.4) is 0 Å². The van der Waals surface area contributed by atoms with E-state index in [0.717, 1.165) is 32.7 Å². The summed E-state index contributed by atoms with van der Waals surface area (Å²) in [6, 6.07) is 0. The van der Waals surface area contributed by atoms with Crippen molar-refractivity contribution in [2.75, 3.05) is 26.2 Å². The van der Waals surface area contributed by atoms with Crippen LogP contribution in [0.15, 0.2) is 15.9 Å². The van der Waals surface area contributed by atoms with Gasteiger partial charge in [-0.15, -0.1) is 0 Å². The SMILES string of the molecule is CC1CN(CCCn2c(=O)c3c(ncn3C)n(C)c2=O)CCO1. The summed E-state index contributed by atoms with van der Waals surface area (Å²) in [5.41, 5.74) is 0.322. The van der Waals surface area contributed by atoms with E-state index in [1.54, 1.807) is 25.0 Å². The first-order valence-corrected chi connectivity index (χ1v) is 7.94. The summed E-state index contributed by atoms with van der Waals surface area (Å²) in [6.07, 6.45) is 2.56. The molecule has 1 aliphatic heterocycles. The van der Waals surface area contributed by atoms with Gasteiger partial charge in [0.1, 0.15) is 0 Å². The van der Waals surface area contributed by atoms with Crippen LogP contribution >= 0.6 is 0 Å². The number of aryl methyl sites for hydroxylation is 2.